The number of carbonyl (C=O) groups is 1. The highest BCUT2D eigenvalue weighted by atomic mass is 16.5. The van der Waals surface area contributed by atoms with E-state index < -0.39 is 11.5 Å². The maximum atomic E-state index is 12.6. The molecule has 4 aromatic heterocycles. The Morgan fingerprint density at radius 3 is 2.49 bits per heavy atom. The van der Waals surface area contributed by atoms with Crippen LogP contribution in [0.5, 0.6) is 0 Å². The van der Waals surface area contributed by atoms with Gasteiger partial charge in [-0.15, -0.1) is 0 Å². The summed E-state index contributed by atoms with van der Waals surface area (Å²) in [7, 11) is 1.62. The number of fused-ring (bicyclic) bond motifs is 2. The first-order valence-electron chi connectivity index (χ1n) is 19.3. The summed E-state index contributed by atoms with van der Waals surface area (Å²) in [5.74, 6) is 2.57. The van der Waals surface area contributed by atoms with Crippen molar-refractivity contribution in [3.63, 3.8) is 0 Å². The van der Waals surface area contributed by atoms with Gasteiger partial charge in [-0.3, -0.25) is 9.78 Å². The van der Waals surface area contributed by atoms with E-state index in [1.807, 2.05) is 30.3 Å². The van der Waals surface area contributed by atoms with E-state index in [9.17, 15) is 9.90 Å². The summed E-state index contributed by atoms with van der Waals surface area (Å²) in [6, 6.07) is 12.2. The van der Waals surface area contributed by atoms with Crippen molar-refractivity contribution in [3.8, 4) is 23.0 Å². The Morgan fingerprint density at radius 2 is 1.72 bits per heavy atom. The number of aromatic nitrogens is 6. The molecule has 278 valence electrons. The number of amides is 1. The maximum absolute atomic E-state index is 12.6. The van der Waals surface area contributed by atoms with Crippen LogP contribution < -0.4 is 16.4 Å². The molecule has 1 amide bonds. The fraction of sp³-hybridized carbons (Fsp3) is 0.525. The minimum atomic E-state index is -0.564. The summed E-state index contributed by atoms with van der Waals surface area (Å²) in [4.78, 5) is 45.0. The third-order valence-corrected chi connectivity index (χ3v) is 11.7. The van der Waals surface area contributed by atoms with Crippen LogP contribution in [-0.4, -0.2) is 97.9 Å². The lowest BCUT2D eigenvalue weighted by Gasteiger charge is -2.34. The molecule has 0 spiro atoms. The van der Waals surface area contributed by atoms with Gasteiger partial charge in [0.05, 0.1) is 29.5 Å². The molecule has 1 aliphatic heterocycles. The SMILES string of the molecule is COCC(O)CN1CCC(Nc2nc(-c3cccc(C4CCc5c(NCC6(C(N)=O)CCCC6)nc(-c6ccccn6)nc54)n3)nc3c2CCC3)CC1. The minimum Gasteiger partial charge on any atom is -0.389 e. The number of rotatable bonds is 13. The van der Waals surface area contributed by atoms with Crippen molar-refractivity contribution in [2.75, 3.05) is 50.5 Å². The number of primary amides is 1. The second kappa shape index (κ2) is 15.4. The van der Waals surface area contributed by atoms with Gasteiger partial charge in [-0.25, -0.2) is 24.9 Å². The van der Waals surface area contributed by atoms with Gasteiger partial charge >= 0.3 is 0 Å². The number of aryl methyl sites for hydroxylation is 1. The number of aliphatic hydroxyl groups excluding tert-OH is 1. The van der Waals surface area contributed by atoms with E-state index in [1.165, 1.54) is 5.56 Å². The highest BCUT2D eigenvalue weighted by molar-refractivity contribution is 5.82. The Balaban J connectivity index is 1.06. The average molecular weight is 719 g/mol. The minimum absolute atomic E-state index is 0.0489. The largest absolute Gasteiger partial charge is 0.389 e. The third-order valence-electron chi connectivity index (χ3n) is 11.7. The van der Waals surface area contributed by atoms with Crippen LogP contribution >= 0.6 is 0 Å². The first-order chi connectivity index (χ1) is 25.9. The molecule has 2 atom stereocenters. The van der Waals surface area contributed by atoms with Gasteiger partial charge in [0, 0.05) is 68.3 Å². The van der Waals surface area contributed by atoms with Gasteiger partial charge in [0.2, 0.25) is 5.91 Å². The normalized spacial score (nSPS) is 20.2. The van der Waals surface area contributed by atoms with Crippen LogP contribution in [0.2, 0.25) is 0 Å². The highest BCUT2D eigenvalue weighted by Crippen LogP contribution is 2.42. The maximum Gasteiger partial charge on any atom is 0.225 e. The van der Waals surface area contributed by atoms with Crippen molar-refractivity contribution in [1.29, 1.82) is 0 Å². The number of nitrogens with one attached hydrogen (secondary N) is 2. The smallest absolute Gasteiger partial charge is 0.225 e. The lowest BCUT2D eigenvalue weighted by molar-refractivity contribution is -0.126. The number of methoxy groups -OCH3 is 1. The number of aliphatic hydroxyl groups is 1. The Kier molecular flexibility index (Phi) is 10.3. The number of likely N-dealkylation sites (tertiary alicyclic amines) is 1. The summed E-state index contributed by atoms with van der Waals surface area (Å²) in [6.45, 7) is 3.27. The van der Waals surface area contributed by atoms with E-state index in [4.69, 9.17) is 35.4 Å². The second-order valence-corrected chi connectivity index (χ2v) is 15.2. The Hall–Kier alpha value is -4.59. The van der Waals surface area contributed by atoms with Crippen molar-refractivity contribution in [1.82, 2.24) is 34.8 Å². The lowest BCUT2D eigenvalue weighted by Crippen LogP contribution is -2.43. The van der Waals surface area contributed by atoms with Crippen molar-refractivity contribution >= 4 is 17.5 Å². The molecule has 0 aromatic carbocycles. The molecule has 53 heavy (non-hydrogen) atoms. The fourth-order valence-corrected chi connectivity index (χ4v) is 8.75. The second-order valence-electron chi connectivity index (χ2n) is 15.2. The number of anilines is 2. The van der Waals surface area contributed by atoms with Gasteiger partial charge in [-0.1, -0.05) is 25.0 Å². The monoisotopic (exact) mass is 718 g/mol. The van der Waals surface area contributed by atoms with E-state index in [0.29, 0.717) is 43.1 Å². The van der Waals surface area contributed by atoms with Gasteiger partial charge in [-0.2, -0.15) is 0 Å². The summed E-state index contributed by atoms with van der Waals surface area (Å²) < 4.78 is 5.12. The first-order valence-corrected chi connectivity index (χ1v) is 19.3. The number of hydrogen-bond acceptors (Lipinski definition) is 12. The number of ether oxygens (including phenoxy) is 1. The third kappa shape index (κ3) is 7.47. The summed E-state index contributed by atoms with van der Waals surface area (Å²) in [6.07, 6.45) is 11.4. The molecule has 13 heteroatoms. The van der Waals surface area contributed by atoms with Crippen LogP contribution in [0.4, 0.5) is 11.6 Å². The number of piperidine rings is 1. The molecule has 1 saturated carbocycles. The predicted octanol–water partition coefficient (Wildman–Crippen LogP) is 4.30. The Morgan fingerprint density at radius 1 is 0.925 bits per heavy atom. The van der Waals surface area contributed by atoms with Crippen LogP contribution in [0.1, 0.15) is 85.5 Å². The topological polar surface area (TPSA) is 177 Å². The molecule has 0 bridgehead atoms. The predicted molar refractivity (Wildman–Crippen MR) is 202 cm³/mol. The molecule has 5 N–H and O–H groups in total. The van der Waals surface area contributed by atoms with E-state index in [1.54, 1.807) is 13.3 Å². The van der Waals surface area contributed by atoms with Gasteiger partial charge in [0.1, 0.15) is 23.0 Å². The zero-order valence-electron chi connectivity index (χ0n) is 30.6. The first kappa shape index (κ1) is 35.4. The van der Waals surface area contributed by atoms with Gasteiger partial charge in [-0.05, 0) is 82.1 Å². The summed E-state index contributed by atoms with van der Waals surface area (Å²) in [5.41, 5.74) is 12.1. The fourth-order valence-electron chi connectivity index (χ4n) is 8.75. The number of carbonyl (C=O) groups excluding carboxylic acids is 1. The average Bonchev–Trinajstić information content (AvgIpc) is 3.96. The highest BCUT2D eigenvalue weighted by Gasteiger charge is 2.40. The van der Waals surface area contributed by atoms with Crippen LogP contribution in [0.25, 0.3) is 23.0 Å². The van der Waals surface area contributed by atoms with Crippen molar-refractivity contribution < 1.29 is 14.6 Å². The van der Waals surface area contributed by atoms with Crippen LogP contribution in [-0.2, 0) is 28.8 Å². The number of nitrogens with zero attached hydrogens (tertiary/aromatic N) is 7. The molecule has 5 heterocycles. The standard InChI is InChI=1S/C40H50N10O3/c1-53-23-26(51)22-50-20-15-25(16-21-50)44-36-28-8-6-10-31(28)46-38(49-36)33-12-7-11-30(45-33)27-13-14-29-34(27)47-37(32-9-2-5-19-42-32)48-35(29)43-24-40(39(41)52)17-3-4-18-40/h2,5,7,9,11-12,19,25-27,51H,3-4,6,8,10,13-18,20-24H2,1H3,(H2,41,52)(H,43,47,48)(H,44,46,49). The molecule has 4 aliphatic rings. The zero-order valence-corrected chi connectivity index (χ0v) is 30.6. The summed E-state index contributed by atoms with van der Waals surface area (Å²) >= 11 is 0. The van der Waals surface area contributed by atoms with Crippen LogP contribution in [0.3, 0.4) is 0 Å². The summed E-state index contributed by atoms with van der Waals surface area (Å²) in [5, 5.41) is 17.6. The van der Waals surface area contributed by atoms with E-state index in [-0.39, 0.29) is 11.8 Å². The number of β-amino-alcohol motifs (C(OH)–C–C–N with tert-alkyl or cyclic N) is 1. The molecule has 0 radical (unpaired) electrons. The molecule has 2 fully saturated rings. The van der Waals surface area contributed by atoms with Gasteiger partial charge < -0.3 is 31.1 Å². The molecular weight excluding hydrogens is 669 g/mol. The number of pyridine rings is 2. The van der Waals surface area contributed by atoms with Gasteiger partial charge in [0.25, 0.3) is 0 Å². The van der Waals surface area contributed by atoms with Crippen molar-refractivity contribution in [2.24, 2.45) is 11.1 Å². The van der Waals surface area contributed by atoms with E-state index in [2.05, 4.69) is 26.6 Å². The van der Waals surface area contributed by atoms with E-state index in [0.717, 1.165) is 124 Å². The molecule has 8 rings (SSSR count). The van der Waals surface area contributed by atoms with E-state index >= 15 is 0 Å². The molecule has 3 aliphatic carbocycles. The van der Waals surface area contributed by atoms with Crippen LogP contribution in [0, 0.1) is 5.41 Å². The van der Waals surface area contributed by atoms with Crippen LogP contribution in [0.15, 0.2) is 42.6 Å². The molecular formula is C40H50N10O3. The number of nitrogens with two attached hydrogens (primary N) is 1. The zero-order chi connectivity index (χ0) is 36.4. The molecule has 1 saturated heterocycles. The Bertz CT molecular complexity index is 1930. The molecule has 2 unspecified atom stereocenters. The van der Waals surface area contributed by atoms with Gasteiger partial charge in [0.15, 0.2) is 11.6 Å². The molecule has 13 nitrogen and oxygen atoms in total. The van der Waals surface area contributed by atoms with Crippen molar-refractivity contribution in [3.05, 3.63) is 70.8 Å². The Labute approximate surface area is 310 Å². The number of hydrogen-bond donors (Lipinski definition) is 4. The lowest BCUT2D eigenvalue weighted by atomic mass is 9.85. The molecule has 4 aromatic rings. The van der Waals surface area contributed by atoms with Crippen molar-refractivity contribution in [2.45, 2.75) is 88.7 Å². The quantitative estimate of drug-likeness (QED) is 0.154.